The van der Waals surface area contributed by atoms with Gasteiger partial charge in [0, 0.05) is 29.0 Å². The molecule has 4 heteroatoms. The molecular weight excluding hydrogens is 280 g/mol. The zero-order valence-electron chi connectivity index (χ0n) is 9.32. The molecule has 0 radical (unpaired) electrons. The zero-order chi connectivity index (χ0) is 12.1. The van der Waals surface area contributed by atoms with E-state index in [-0.39, 0.29) is 5.91 Å². The van der Waals surface area contributed by atoms with E-state index in [2.05, 4.69) is 26.2 Å². The monoisotopic (exact) mass is 292 g/mol. The fraction of sp³-hybridized carbons (Fsp3) is 0.231. The molecule has 0 saturated carbocycles. The second-order valence-corrected chi connectivity index (χ2v) is 4.50. The van der Waals surface area contributed by atoms with E-state index < -0.39 is 0 Å². The van der Waals surface area contributed by atoms with Gasteiger partial charge < -0.3 is 5.32 Å². The van der Waals surface area contributed by atoms with Crippen molar-refractivity contribution in [3.63, 3.8) is 0 Å². The van der Waals surface area contributed by atoms with Gasteiger partial charge in [0.25, 0.3) is 5.91 Å². The van der Waals surface area contributed by atoms with E-state index in [9.17, 15) is 4.79 Å². The van der Waals surface area contributed by atoms with Crippen molar-refractivity contribution in [3.8, 4) is 0 Å². The van der Waals surface area contributed by atoms with E-state index >= 15 is 0 Å². The minimum atomic E-state index is -0.0308. The molecule has 1 amide bonds. The molecule has 0 unspecified atom stereocenters. The molecule has 0 atom stereocenters. The highest BCUT2D eigenvalue weighted by Crippen LogP contribution is 2.13. The van der Waals surface area contributed by atoms with E-state index in [1.807, 2.05) is 24.3 Å². The van der Waals surface area contributed by atoms with E-state index in [4.69, 9.17) is 0 Å². The molecule has 0 aliphatic carbocycles. The minimum absolute atomic E-state index is 0.0308. The summed E-state index contributed by atoms with van der Waals surface area (Å²) in [6.45, 7) is 0.690. The number of nitrogens with one attached hydrogen (secondary N) is 1. The Kier molecular flexibility index (Phi) is 4.09. The number of halogens is 1. The molecule has 3 nitrogen and oxygen atoms in total. The van der Waals surface area contributed by atoms with E-state index in [0.29, 0.717) is 12.1 Å². The number of aromatic nitrogens is 1. The highest BCUT2D eigenvalue weighted by atomic mass is 79.9. The minimum Gasteiger partial charge on any atom is -0.352 e. The number of pyridine rings is 1. The van der Waals surface area contributed by atoms with Crippen LogP contribution in [-0.2, 0) is 0 Å². The predicted octanol–water partition coefficient (Wildman–Crippen LogP) is 2.75. The maximum Gasteiger partial charge on any atom is 0.251 e. The standard InChI is InChI=1S/C13H13BrN2O/c14-6-2-8-16-13(17)11-4-5-12-10(9-11)3-1-7-15-12/h1,3-5,7,9H,2,6,8H2,(H,16,17). The molecule has 1 aromatic heterocycles. The van der Waals surface area contributed by atoms with Crippen LogP contribution in [0.25, 0.3) is 10.9 Å². The quantitative estimate of drug-likeness (QED) is 0.695. The molecule has 88 valence electrons. The van der Waals surface area contributed by atoms with Gasteiger partial charge in [0.15, 0.2) is 0 Å². The van der Waals surface area contributed by atoms with Crippen LogP contribution < -0.4 is 5.32 Å². The molecule has 0 aliphatic rings. The summed E-state index contributed by atoms with van der Waals surface area (Å²) in [6.07, 6.45) is 2.68. The summed E-state index contributed by atoms with van der Waals surface area (Å²) in [4.78, 5) is 16.0. The first-order valence-corrected chi connectivity index (χ1v) is 6.62. The maximum absolute atomic E-state index is 11.8. The van der Waals surface area contributed by atoms with Gasteiger partial charge >= 0.3 is 0 Å². The van der Waals surface area contributed by atoms with Crippen LogP contribution in [0.1, 0.15) is 16.8 Å². The first-order chi connectivity index (χ1) is 8.31. The summed E-state index contributed by atoms with van der Waals surface area (Å²) in [5.74, 6) is -0.0308. The number of carbonyl (C=O) groups excluding carboxylic acids is 1. The first-order valence-electron chi connectivity index (χ1n) is 5.50. The van der Waals surface area contributed by atoms with Crippen molar-refractivity contribution in [1.29, 1.82) is 0 Å². The summed E-state index contributed by atoms with van der Waals surface area (Å²) >= 11 is 3.33. The van der Waals surface area contributed by atoms with Gasteiger partial charge in [0.05, 0.1) is 5.52 Å². The van der Waals surface area contributed by atoms with Crippen molar-refractivity contribution >= 4 is 32.7 Å². The number of fused-ring (bicyclic) bond motifs is 1. The van der Waals surface area contributed by atoms with E-state index in [1.54, 1.807) is 12.3 Å². The first kappa shape index (κ1) is 12.0. The lowest BCUT2D eigenvalue weighted by molar-refractivity contribution is 0.0954. The van der Waals surface area contributed by atoms with Crippen LogP contribution in [0, 0.1) is 0 Å². The Hall–Kier alpha value is -1.42. The average Bonchev–Trinajstić information content (AvgIpc) is 2.38. The van der Waals surface area contributed by atoms with Crippen molar-refractivity contribution in [2.24, 2.45) is 0 Å². The van der Waals surface area contributed by atoms with Crippen LogP contribution in [-0.4, -0.2) is 22.8 Å². The fourth-order valence-corrected chi connectivity index (χ4v) is 1.87. The number of amides is 1. The van der Waals surface area contributed by atoms with Gasteiger partial charge in [-0.15, -0.1) is 0 Å². The Morgan fingerprint density at radius 3 is 3.06 bits per heavy atom. The van der Waals surface area contributed by atoms with Gasteiger partial charge in [-0.2, -0.15) is 0 Å². The number of hydrogen-bond acceptors (Lipinski definition) is 2. The molecule has 0 aliphatic heterocycles. The summed E-state index contributed by atoms with van der Waals surface area (Å²) in [6, 6.07) is 9.37. The normalized spacial score (nSPS) is 10.4. The molecule has 0 spiro atoms. The Morgan fingerprint density at radius 2 is 2.24 bits per heavy atom. The lowest BCUT2D eigenvalue weighted by Gasteiger charge is -2.04. The van der Waals surface area contributed by atoms with Gasteiger partial charge in [-0.25, -0.2) is 0 Å². The third-order valence-corrected chi connectivity index (χ3v) is 3.02. The third-order valence-electron chi connectivity index (χ3n) is 2.46. The Labute approximate surface area is 108 Å². The lowest BCUT2D eigenvalue weighted by atomic mass is 10.1. The van der Waals surface area contributed by atoms with Gasteiger partial charge in [0.2, 0.25) is 0 Å². The highest BCUT2D eigenvalue weighted by molar-refractivity contribution is 9.09. The number of benzene rings is 1. The molecular formula is C13H13BrN2O. The molecule has 0 bridgehead atoms. The van der Waals surface area contributed by atoms with Crippen LogP contribution >= 0.6 is 15.9 Å². The molecule has 17 heavy (non-hydrogen) atoms. The van der Waals surface area contributed by atoms with Crippen molar-refractivity contribution < 1.29 is 4.79 Å². The topological polar surface area (TPSA) is 42.0 Å². The van der Waals surface area contributed by atoms with Crippen LogP contribution in [0.4, 0.5) is 0 Å². The number of nitrogens with zero attached hydrogens (tertiary/aromatic N) is 1. The summed E-state index contributed by atoms with van der Waals surface area (Å²) in [7, 11) is 0. The summed E-state index contributed by atoms with van der Waals surface area (Å²) in [5.41, 5.74) is 1.59. The number of hydrogen-bond donors (Lipinski definition) is 1. The second kappa shape index (κ2) is 5.77. The van der Waals surface area contributed by atoms with Gasteiger partial charge in [-0.3, -0.25) is 9.78 Å². The Balaban J connectivity index is 2.15. The Bertz CT molecular complexity index is 528. The van der Waals surface area contributed by atoms with E-state index in [0.717, 1.165) is 22.7 Å². The third kappa shape index (κ3) is 3.03. The second-order valence-electron chi connectivity index (χ2n) is 3.71. The van der Waals surface area contributed by atoms with Crippen molar-refractivity contribution in [2.45, 2.75) is 6.42 Å². The van der Waals surface area contributed by atoms with Crippen LogP contribution in [0.15, 0.2) is 36.5 Å². The number of alkyl halides is 1. The van der Waals surface area contributed by atoms with Crippen molar-refractivity contribution in [1.82, 2.24) is 10.3 Å². The van der Waals surface area contributed by atoms with Crippen molar-refractivity contribution in [3.05, 3.63) is 42.1 Å². The molecule has 1 N–H and O–H groups in total. The van der Waals surface area contributed by atoms with Crippen LogP contribution in [0.5, 0.6) is 0 Å². The largest absolute Gasteiger partial charge is 0.352 e. The van der Waals surface area contributed by atoms with E-state index in [1.165, 1.54) is 0 Å². The van der Waals surface area contributed by atoms with Gasteiger partial charge in [-0.05, 0) is 30.7 Å². The zero-order valence-corrected chi connectivity index (χ0v) is 10.9. The molecule has 0 fully saturated rings. The van der Waals surface area contributed by atoms with Crippen molar-refractivity contribution in [2.75, 3.05) is 11.9 Å². The van der Waals surface area contributed by atoms with Gasteiger partial charge in [-0.1, -0.05) is 22.0 Å². The Morgan fingerprint density at radius 1 is 1.35 bits per heavy atom. The fourth-order valence-electron chi connectivity index (χ4n) is 1.59. The summed E-state index contributed by atoms with van der Waals surface area (Å²) in [5, 5.41) is 4.76. The SMILES string of the molecule is O=C(NCCCBr)c1ccc2ncccc2c1. The maximum atomic E-state index is 11.8. The average molecular weight is 293 g/mol. The highest BCUT2D eigenvalue weighted by Gasteiger charge is 2.05. The molecule has 2 rings (SSSR count). The van der Waals surface area contributed by atoms with Crippen LogP contribution in [0.3, 0.4) is 0 Å². The lowest BCUT2D eigenvalue weighted by Crippen LogP contribution is -2.24. The number of carbonyl (C=O) groups is 1. The predicted molar refractivity (Wildman–Crippen MR) is 72.5 cm³/mol. The van der Waals surface area contributed by atoms with Gasteiger partial charge in [0.1, 0.15) is 0 Å². The number of rotatable bonds is 4. The molecule has 1 heterocycles. The smallest absolute Gasteiger partial charge is 0.251 e. The molecule has 1 aromatic carbocycles. The van der Waals surface area contributed by atoms with Crippen LogP contribution in [0.2, 0.25) is 0 Å². The molecule has 0 saturated heterocycles. The summed E-state index contributed by atoms with van der Waals surface area (Å²) < 4.78 is 0. The molecule has 2 aromatic rings.